The van der Waals surface area contributed by atoms with Gasteiger partial charge in [-0.3, -0.25) is 9.59 Å². The maximum Gasteiger partial charge on any atom is 0.335 e. The maximum atomic E-state index is 12.3. The highest BCUT2D eigenvalue weighted by atomic mass is 16.4. The lowest BCUT2D eigenvalue weighted by Crippen LogP contribution is -2.37. The van der Waals surface area contributed by atoms with E-state index in [4.69, 9.17) is 5.11 Å². The number of carbonyl (C=O) groups is 3. The van der Waals surface area contributed by atoms with Crippen molar-refractivity contribution >= 4 is 17.8 Å². The SMILES string of the molecule is O=C(O)c1ccc(CCNC(=O)C2CC(=O)N(C3CCCC3)C2)cc1. The quantitative estimate of drug-likeness (QED) is 0.824. The second kappa shape index (κ2) is 7.68. The zero-order valence-electron chi connectivity index (χ0n) is 14.2. The highest BCUT2D eigenvalue weighted by Gasteiger charge is 2.38. The molecule has 1 aromatic carbocycles. The van der Waals surface area contributed by atoms with Crippen LogP contribution in [0.15, 0.2) is 24.3 Å². The van der Waals surface area contributed by atoms with E-state index in [1.165, 1.54) is 12.8 Å². The first-order valence-corrected chi connectivity index (χ1v) is 8.94. The Bertz CT molecular complexity index is 650. The lowest BCUT2D eigenvalue weighted by atomic mass is 10.1. The maximum absolute atomic E-state index is 12.3. The first-order valence-electron chi connectivity index (χ1n) is 8.94. The van der Waals surface area contributed by atoms with Crippen LogP contribution < -0.4 is 5.32 Å². The molecule has 1 saturated heterocycles. The summed E-state index contributed by atoms with van der Waals surface area (Å²) >= 11 is 0. The molecule has 1 saturated carbocycles. The second-order valence-electron chi connectivity index (χ2n) is 6.93. The third-order valence-electron chi connectivity index (χ3n) is 5.21. The minimum absolute atomic E-state index is 0.0593. The molecule has 1 atom stereocenters. The standard InChI is InChI=1S/C19H24N2O4/c22-17-11-15(12-21(17)16-3-1-2-4-16)18(23)20-10-9-13-5-7-14(8-6-13)19(24)25/h5-8,15-16H,1-4,9-12H2,(H,20,23)(H,24,25). The summed E-state index contributed by atoms with van der Waals surface area (Å²) in [5.41, 5.74) is 1.23. The summed E-state index contributed by atoms with van der Waals surface area (Å²) in [5.74, 6) is -1.15. The van der Waals surface area contributed by atoms with Crippen molar-refractivity contribution < 1.29 is 19.5 Å². The van der Waals surface area contributed by atoms with E-state index < -0.39 is 5.97 Å². The molecule has 2 N–H and O–H groups in total. The van der Waals surface area contributed by atoms with Crippen LogP contribution in [-0.4, -0.2) is 46.9 Å². The smallest absolute Gasteiger partial charge is 0.335 e. The Hall–Kier alpha value is -2.37. The lowest BCUT2D eigenvalue weighted by Gasteiger charge is -2.23. The van der Waals surface area contributed by atoms with Crippen molar-refractivity contribution in [2.24, 2.45) is 5.92 Å². The van der Waals surface area contributed by atoms with Crippen LogP contribution in [0.1, 0.15) is 48.0 Å². The van der Waals surface area contributed by atoms with Crippen molar-refractivity contribution in [1.82, 2.24) is 10.2 Å². The Balaban J connectivity index is 1.45. The summed E-state index contributed by atoms with van der Waals surface area (Å²) < 4.78 is 0. The van der Waals surface area contributed by atoms with Gasteiger partial charge in [-0.2, -0.15) is 0 Å². The number of nitrogens with zero attached hydrogens (tertiary/aromatic N) is 1. The number of benzene rings is 1. The predicted octanol–water partition coefficient (Wildman–Crippen LogP) is 1.83. The van der Waals surface area contributed by atoms with E-state index in [-0.39, 0.29) is 23.3 Å². The highest BCUT2D eigenvalue weighted by Crippen LogP contribution is 2.29. The number of hydrogen-bond donors (Lipinski definition) is 2. The molecule has 2 aliphatic rings. The molecule has 1 aliphatic heterocycles. The fraction of sp³-hybridized carbons (Fsp3) is 0.526. The minimum atomic E-state index is -0.947. The van der Waals surface area contributed by atoms with Crippen LogP contribution >= 0.6 is 0 Å². The number of carbonyl (C=O) groups excluding carboxylic acids is 2. The van der Waals surface area contributed by atoms with Gasteiger partial charge >= 0.3 is 5.97 Å². The topological polar surface area (TPSA) is 86.7 Å². The minimum Gasteiger partial charge on any atom is -0.478 e. The van der Waals surface area contributed by atoms with E-state index in [1.54, 1.807) is 24.3 Å². The van der Waals surface area contributed by atoms with E-state index in [0.29, 0.717) is 32.0 Å². The normalized spacial score (nSPS) is 20.9. The van der Waals surface area contributed by atoms with Crippen LogP contribution in [0, 0.1) is 5.92 Å². The van der Waals surface area contributed by atoms with Crippen LogP contribution in [0.4, 0.5) is 0 Å². The van der Waals surface area contributed by atoms with Gasteiger partial charge in [0.1, 0.15) is 0 Å². The van der Waals surface area contributed by atoms with Crippen molar-refractivity contribution in [3.8, 4) is 0 Å². The van der Waals surface area contributed by atoms with Crippen molar-refractivity contribution in [2.45, 2.75) is 44.6 Å². The van der Waals surface area contributed by atoms with Gasteiger partial charge in [0.15, 0.2) is 0 Å². The van der Waals surface area contributed by atoms with Gasteiger partial charge < -0.3 is 15.3 Å². The molecule has 1 aliphatic carbocycles. The van der Waals surface area contributed by atoms with Gasteiger partial charge in [0.25, 0.3) is 0 Å². The van der Waals surface area contributed by atoms with Gasteiger partial charge in [-0.15, -0.1) is 0 Å². The number of hydrogen-bond acceptors (Lipinski definition) is 3. The van der Waals surface area contributed by atoms with E-state index in [2.05, 4.69) is 5.32 Å². The van der Waals surface area contributed by atoms with Crippen molar-refractivity contribution in [1.29, 1.82) is 0 Å². The fourth-order valence-electron chi connectivity index (χ4n) is 3.76. The van der Waals surface area contributed by atoms with Crippen LogP contribution in [-0.2, 0) is 16.0 Å². The van der Waals surface area contributed by atoms with Crippen LogP contribution in [0.25, 0.3) is 0 Å². The summed E-state index contributed by atoms with van der Waals surface area (Å²) in [4.78, 5) is 37.2. The van der Waals surface area contributed by atoms with E-state index in [0.717, 1.165) is 18.4 Å². The van der Waals surface area contributed by atoms with Crippen LogP contribution in [0.3, 0.4) is 0 Å². The van der Waals surface area contributed by atoms with E-state index in [1.807, 2.05) is 4.90 Å². The molecular formula is C19H24N2O4. The van der Waals surface area contributed by atoms with Gasteiger partial charge in [0.2, 0.25) is 11.8 Å². The van der Waals surface area contributed by atoms with Crippen LogP contribution in [0.5, 0.6) is 0 Å². The van der Waals surface area contributed by atoms with Crippen LogP contribution in [0.2, 0.25) is 0 Å². The second-order valence-corrected chi connectivity index (χ2v) is 6.93. The molecule has 134 valence electrons. The summed E-state index contributed by atoms with van der Waals surface area (Å²) in [6.45, 7) is 1.03. The molecule has 0 spiro atoms. The molecule has 3 rings (SSSR count). The van der Waals surface area contributed by atoms with Gasteiger partial charge in [0, 0.05) is 25.6 Å². The zero-order chi connectivity index (χ0) is 17.8. The van der Waals surface area contributed by atoms with Crippen molar-refractivity contribution in [3.05, 3.63) is 35.4 Å². The van der Waals surface area contributed by atoms with Gasteiger partial charge in [-0.1, -0.05) is 25.0 Å². The Morgan fingerprint density at radius 1 is 1.16 bits per heavy atom. The Labute approximate surface area is 147 Å². The average Bonchev–Trinajstić information content (AvgIpc) is 3.24. The third kappa shape index (κ3) is 4.18. The first-order chi connectivity index (χ1) is 12.0. The molecule has 1 heterocycles. The summed E-state index contributed by atoms with van der Waals surface area (Å²) in [6, 6.07) is 6.98. The zero-order valence-corrected chi connectivity index (χ0v) is 14.2. The van der Waals surface area contributed by atoms with Crippen molar-refractivity contribution in [3.63, 3.8) is 0 Å². The van der Waals surface area contributed by atoms with E-state index >= 15 is 0 Å². The van der Waals surface area contributed by atoms with Gasteiger partial charge in [0.05, 0.1) is 11.5 Å². The largest absolute Gasteiger partial charge is 0.478 e. The number of likely N-dealkylation sites (tertiary alicyclic amines) is 1. The third-order valence-corrected chi connectivity index (χ3v) is 5.21. The average molecular weight is 344 g/mol. The molecule has 1 aromatic rings. The molecule has 2 amide bonds. The predicted molar refractivity (Wildman–Crippen MR) is 92.2 cm³/mol. The molecule has 6 nitrogen and oxygen atoms in total. The Morgan fingerprint density at radius 2 is 1.84 bits per heavy atom. The molecule has 0 aromatic heterocycles. The number of carboxylic acid groups (broad SMARTS) is 1. The molecule has 6 heteroatoms. The number of rotatable bonds is 6. The Kier molecular flexibility index (Phi) is 5.36. The fourth-order valence-corrected chi connectivity index (χ4v) is 3.76. The number of carboxylic acids is 1. The van der Waals surface area contributed by atoms with Gasteiger partial charge in [-0.05, 0) is 37.0 Å². The molecular weight excluding hydrogens is 320 g/mol. The van der Waals surface area contributed by atoms with Crippen molar-refractivity contribution in [2.75, 3.05) is 13.1 Å². The highest BCUT2D eigenvalue weighted by molar-refractivity contribution is 5.89. The summed E-state index contributed by atoms with van der Waals surface area (Å²) in [7, 11) is 0. The number of aromatic carboxylic acids is 1. The molecule has 25 heavy (non-hydrogen) atoms. The molecule has 0 bridgehead atoms. The van der Waals surface area contributed by atoms with E-state index in [9.17, 15) is 14.4 Å². The van der Waals surface area contributed by atoms with Gasteiger partial charge in [-0.25, -0.2) is 4.79 Å². The summed E-state index contributed by atoms with van der Waals surface area (Å²) in [5, 5.41) is 11.8. The lowest BCUT2D eigenvalue weighted by molar-refractivity contribution is -0.130. The monoisotopic (exact) mass is 344 g/mol. The first kappa shape index (κ1) is 17.5. The Morgan fingerprint density at radius 3 is 2.48 bits per heavy atom. The molecule has 2 fully saturated rings. The molecule has 1 unspecified atom stereocenters. The number of nitrogens with one attached hydrogen (secondary N) is 1. The molecule has 0 radical (unpaired) electrons. The number of amides is 2. The summed E-state index contributed by atoms with van der Waals surface area (Å²) in [6.07, 6.45) is 5.42.